The molecule has 6 nitrogen and oxygen atoms in total. The van der Waals surface area contributed by atoms with Gasteiger partial charge < -0.3 is 9.42 Å². The first kappa shape index (κ1) is 18.7. The minimum Gasteiger partial charge on any atom is -0.340 e. The summed E-state index contributed by atoms with van der Waals surface area (Å²) in [6, 6.07) is 5.66. The molecule has 0 bridgehead atoms. The van der Waals surface area contributed by atoms with Crippen molar-refractivity contribution < 1.29 is 9.32 Å². The second kappa shape index (κ2) is 7.78. The van der Waals surface area contributed by atoms with Gasteiger partial charge >= 0.3 is 0 Å². The number of carbonyl (C=O) groups excluding carboxylic acids is 1. The maximum atomic E-state index is 12.8. The molecule has 27 heavy (non-hydrogen) atoms. The van der Waals surface area contributed by atoms with Gasteiger partial charge in [0.2, 0.25) is 11.8 Å². The van der Waals surface area contributed by atoms with Gasteiger partial charge in [-0.1, -0.05) is 41.3 Å². The monoisotopic (exact) mass is 408 g/mol. The summed E-state index contributed by atoms with van der Waals surface area (Å²) >= 11 is 12.1. The van der Waals surface area contributed by atoms with Crippen LogP contribution in [0.4, 0.5) is 0 Å². The molecule has 8 heteroatoms. The number of halogens is 2. The predicted molar refractivity (Wildman–Crippen MR) is 103 cm³/mol. The van der Waals surface area contributed by atoms with Crippen LogP contribution in [-0.2, 0) is 17.8 Å². The number of piperazine rings is 1. The maximum Gasteiger partial charge on any atom is 0.226 e. The van der Waals surface area contributed by atoms with E-state index in [0.717, 1.165) is 44.6 Å². The van der Waals surface area contributed by atoms with Crippen molar-refractivity contribution >= 4 is 29.1 Å². The van der Waals surface area contributed by atoms with Gasteiger partial charge in [0, 0.05) is 38.5 Å². The van der Waals surface area contributed by atoms with E-state index in [-0.39, 0.29) is 17.7 Å². The molecule has 1 aliphatic carbocycles. The zero-order valence-electron chi connectivity index (χ0n) is 15.2. The molecule has 4 rings (SSSR count). The fraction of sp³-hybridized carbons (Fsp3) is 0.526. The number of rotatable bonds is 5. The molecular weight excluding hydrogens is 387 g/mol. The first-order valence-electron chi connectivity index (χ1n) is 9.32. The summed E-state index contributed by atoms with van der Waals surface area (Å²) in [4.78, 5) is 21.4. The number of hydrogen-bond acceptors (Lipinski definition) is 5. The Morgan fingerprint density at radius 2 is 2.00 bits per heavy atom. The van der Waals surface area contributed by atoms with Gasteiger partial charge in [0.05, 0.1) is 16.6 Å². The number of amides is 1. The highest BCUT2D eigenvalue weighted by atomic mass is 35.5. The van der Waals surface area contributed by atoms with Gasteiger partial charge in [-0.15, -0.1) is 0 Å². The summed E-state index contributed by atoms with van der Waals surface area (Å²) in [6.07, 6.45) is 1.64. The van der Waals surface area contributed by atoms with Crippen molar-refractivity contribution in [3.8, 4) is 0 Å². The molecule has 2 unspecified atom stereocenters. The van der Waals surface area contributed by atoms with E-state index in [9.17, 15) is 4.79 Å². The standard InChI is InChI=1S/C19H22Cl2N4O2/c1-2-18-22-17(23-27-18)11-24-5-7-25(8-6-24)19(26)14-10-13(14)12-3-4-15(20)16(21)9-12/h3-4,9,13-14H,2,5-8,10-11H2,1H3. The summed E-state index contributed by atoms with van der Waals surface area (Å²) < 4.78 is 5.15. The minimum absolute atomic E-state index is 0.0677. The van der Waals surface area contributed by atoms with Gasteiger partial charge in [0.1, 0.15) is 0 Å². The summed E-state index contributed by atoms with van der Waals surface area (Å²) in [5, 5.41) is 5.10. The first-order valence-corrected chi connectivity index (χ1v) is 10.1. The molecule has 0 spiro atoms. The van der Waals surface area contributed by atoms with Crippen LogP contribution in [0.25, 0.3) is 0 Å². The van der Waals surface area contributed by atoms with E-state index >= 15 is 0 Å². The highest BCUT2D eigenvalue weighted by Gasteiger charge is 2.46. The number of carbonyl (C=O) groups is 1. The lowest BCUT2D eigenvalue weighted by molar-refractivity contribution is -0.134. The third-order valence-electron chi connectivity index (χ3n) is 5.34. The molecule has 2 heterocycles. The van der Waals surface area contributed by atoms with E-state index < -0.39 is 0 Å². The second-order valence-corrected chi connectivity index (χ2v) is 8.00. The molecule has 1 saturated heterocycles. The molecular formula is C19H22Cl2N4O2. The third kappa shape index (κ3) is 4.13. The predicted octanol–water partition coefficient (Wildman–Crippen LogP) is 3.39. The Morgan fingerprint density at radius 1 is 1.22 bits per heavy atom. The van der Waals surface area contributed by atoms with Crippen LogP contribution < -0.4 is 0 Å². The second-order valence-electron chi connectivity index (χ2n) is 7.18. The van der Waals surface area contributed by atoms with Crippen LogP contribution in [0.5, 0.6) is 0 Å². The third-order valence-corrected chi connectivity index (χ3v) is 6.08. The first-order chi connectivity index (χ1) is 13.0. The topological polar surface area (TPSA) is 62.5 Å². The molecule has 1 aliphatic heterocycles. The summed E-state index contributed by atoms with van der Waals surface area (Å²) in [7, 11) is 0. The molecule has 144 valence electrons. The van der Waals surface area contributed by atoms with E-state index in [1.54, 1.807) is 6.07 Å². The van der Waals surface area contributed by atoms with Gasteiger partial charge in [-0.3, -0.25) is 9.69 Å². The van der Waals surface area contributed by atoms with Gasteiger partial charge in [-0.05, 0) is 30.0 Å². The molecule has 1 aromatic heterocycles. The van der Waals surface area contributed by atoms with Crippen molar-refractivity contribution in [2.45, 2.75) is 32.2 Å². The summed E-state index contributed by atoms with van der Waals surface area (Å²) in [5.74, 6) is 1.96. The number of benzene rings is 1. The zero-order chi connectivity index (χ0) is 19.0. The average molecular weight is 409 g/mol. The largest absolute Gasteiger partial charge is 0.340 e. The van der Waals surface area contributed by atoms with Gasteiger partial charge in [-0.2, -0.15) is 4.98 Å². The van der Waals surface area contributed by atoms with Crippen LogP contribution in [0.2, 0.25) is 10.0 Å². The molecule has 2 fully saturated rings. The van der Waals surface area contributed by atoms with Crippen LogP contribution in [-0.4, -0.2) is 52.0 Å². The molecule has 0 N–H and O–H groups in total. The molecule has 0 radical (unpaired) electrons. The SMILES string of the molecule is CCc1nc(CN2CCN(C(=O)C3CC3c3ccc(Cl)c(Cl)c3)CC2)no1. The van der Waals surface area contributed by atoms with Gasteiger partial charge in [0.15, 0.2) is 5.82 Å². The normalized spacial score (nSPS) is 22.9. The summed E-state index contributed by atoms with van der Waals surface area (Å²) in [5.41, 5.74) is 1.10. The lowest BCUT2D eigenvalue weighted by Gasteiger charge is -2.34. The van der Waals surface area contributed by atoms with Gasteiger partial charge in [0.25, 0.3) is 0 Å². The fourth-order valence-corrected chi connectivity index (χ4v) is 3.94. The quantitative estimate of drug-likeness (QED) is 0.758. The van der Waals surface area contributed by atoms with E-state index in [1.807, 2.05) is 24.0 Å². The van der Waals surface area contributed by atoms with Crippen molar-refractivity contribution in [1.82, 2.24) is 19.9 Å². The number of hydrogen-bond donors (Lipinski definition) is 0. The Bertz CT molecular complexity index is 833. The molecule has 1 saturated carbocycles. The summed E-state index contributed by atoms with van der Waals surface area (Å²) in [6.45, 7) is 5.79. The van der Waals surface area contributed by atoms with Crippen molar-refractivity contribution in [2.24, 2.45) is 5.92 Å². The lowest BCUT2D eigenvalue weighted by Crippen LogP contribution is -2.49. The average Bonchev–Trinajstić information content (AvgIpc) is 3.35. The van der Waals surface area contributed by atoms with Crippen molar-refractivity contribution in [1.29, 1.82) is 0 Å². The van der Waals surface area contributed by atoms with Crippen LogP contribution in [0.1, 0.15) is 36.5 Å². The molecule has 2 atom stereocenters. The maximum absolute atomic E-state index is 12.8. The lowest BCUT2D eigenvalue weighted by atomic mass is 10.1. The number of aromatic nitrogens is 2. The molecule has 1 aromatic carbocycles. The van der Waals surface area contributed by atoms with Crippen LogP contribution in [0.15, 0.2) is 22.7 Å². The fourth-order valence-electron chi connectivity index (χ4n) is 3.64. The Morgan fingerprint density at radius 3 is 2.67 bits per heavy atom. The van der Waals surface area contributed by atoms with Crippen molar-refractivity contribution in [2.75, 3.05) is 26.2 Å². The Balaban J connectivity index is 1.28. The van der Waals surface area contributed by atoms with E-state index in [4.69, 9.17) is 27.7 Å². The number of aryl methyl sites for hydroxylation is 1. The zero-order valence-corrected chi connectivity index (χ0v) is 16.7. The Hall–Kier alpha value is -1.63. The van der Waals surface area contributed by atoms with E-state index in [1.165, 1.54) is 0 Å². The van der Waals surface area contributed by atoms with Crippen molar-refractivity contribution in [3.63, 3.8) is 0 Å². The van der Waals surface area contributed by atoms with Gasteiger partial charge in [-0.25, -0.2) is 0 Å². The van der Waals surface area contributed by atoms with Crippen LogP contribution >= 0.6 is 23.2 Å². The Kier molecular flexibility index (Phi) is 5.39. The van der Waals surface area contributed by atoms with Crippen LogP contribution in [0, 0.1) is 5.92 Å². The van der Waals surface area contributed by atoms with E-state index in [0.29, 0.717) is 28.3 Å². The smallest absolute Gasteiger partial charge is 0.226 e. The Labute approximate surface area is 168 Å². The minimum atomic E-state index is 0.0677. The van der Waals surface area contributed by atoms with E-state index in [2.05, 4.69) is 15.0 Å². The van der Waals surface area contributed by atoms with Crippen molar-refractivity contribution in [3.05, 3.63) is 45.5 Å². The highest BCUT2D eigenvalue weighted by Crippen LogP contribution is 2.49. The highest BCUT2D eigenvalue weighted by molar-refractivity contribution is 6.42. The molecule has 1 amide bonds. The molecule has 2 aliphatic rings. The molecule has 2 aromatic rings. The van der Waals surface area contributed by atoms with Crippen LogP contribution in [0.3, 0.4) is 0 Å². The number of nitrogens with zero attached hydrogens (tertiary/aromatic N) is 4.